The number of benzene rings is 1. The Balaban J connectivity index is 1.74. The molecule has 132 valence electrons. The van der Waals surface area contributed by atoms with Gasteiger partial charge in [-0.2, -0.15) is 4.31 Å². The number of hydrogen-bond donors (Lipinski definition) is 0. The lowest BCUT2D eigenvalue weighted by atomic mass is 10.2. The van der Waals surface area contributed by atoms with Crippen molar-refractivity contribution in [2.75, 3.05) is 46.0 Å². The van der Waals surface area contributed by atoms with Crippen LogP contribution in [0.4, 0.5) is 0 Å². The Morgan fingerprint density at radius 2 is 1.75 bits per heavy atom. The van der Waals surface area contributed by atoms with Crippen LogP contribution in [0, 0.1) is 0 Å². The van der Waals surface area contributed by atoms with Crippen molar-refractivity contribution in [1.29, 1.82) is 0 Å². The average Bonchev–Trinajstić information content (AvgIpc) is 2.62. The van der Waals surface area contributed by atoms with E-state index in [-0.39, 0.29) is 16.9 Å². The van der Waals surface area contributed by atoms with Crippen LogP contribution in [0.25, 0.3) is 0 Å². The van der Waals surface area contributed by atoms with Gasteiger partial charge in [0.1, 0.15) is 0 Å². The lowest BCUT2D eigenvalue weighted by molar-refractivity contribution is 0.0102. The number of nitrogens with zero attached hydrogens (tertiary/aromatic N) is 2. The SMILES string of the molecule is CC1CN(S(=O)(=O)c2ccc(C(=O)N3CCOCC3)cc2)CCO1. The maximum absolute atomic E-state index is 12.7. The summed E-state index contributed by atoms with van der Waals surface area (Å²) in [5.41, 5.74) is 0.492. The highest BCUT2D eigenvalue weighted by Gasteiger charge is 2.29. The molecule has 8 heteroatoms. The second-order valence-corrected chi connectivity index (χ2v) is 7.91. The zero-order chi connectivity index (χ0) is 17.2. The van der Waals surface area contributed by atoms with Crippen molar-refractivity contribution in [3.05, 3.63) is 29.8 Å². The molecule has 0 N–H and O–H groups in total. The molecule has 2 saturated heterocycles. The Morgan fingerprint density at radius 3 is 2.38 bits per heavy atom. The van der Waals surface area contributed by atoms with Crippen LogP contribution in [0.5, 0.6) is 0 Å². The Bertz CT molecular complexity index is 683. The summed E-state index contributed by atoms with van der Waals surface area (Å²) < 4.78 is 37.4. The zero-order valence-electron chi connectivity index (χ0n) is 13.7. The van der Waals surface area contributed by atoms with Crippen LogP contribution in [-0.4, -0.2) is 75.6 Å². The third kappa shape index (κ3) is 3.61. The highest BCUT2D eigenvalue weighted by atomic mass is 32.2. The van der Waals surface area contributed by atoms with Gasteiger partial charge in [-0.25, -0.2) is 8.42 Å². The van der Waals surface area contributed by atoms with E-state index in [0.717, 1.165) is 0 Å². The summed E-state index contributed by atoms with van der Waals surface area (Å²) in [6, 6.07) is 6.16. The summed E-state index contributed by atoms with van der Waals surface area (Å²) >= 11 is 0. The van der Waals surface area contributed by atoms with Crippen LogP contribution in [-0.2, 0) is 19.5 Å². The molecule has 1 aromatic rings. The molecule has 3 rings (SSSR count). The van der Waals surface area contributed by atoms with Gasteiger partial charge in [-0.05, 0) is 31.2 Å². The largest absolute Gasteiger partial charge is 0.378 e. The molecular formula is C16H22N2O5S. The van der Waals surface area contributed by atoms with E-state index in [0.29, 0.717) is 51.6 Å². The lowest BCUT2D eigenvalue weighted by Gasteiger charge is -2.30. The van der Waals surface area contributed by atoms with Gasteiger partial charge in [0, 0.05) is 31.7 Å². The summed E-state index contributed by atoms with van der Waals surface area (Å²) in [7, 11) is -3.55. The molecule has 2 fully saturated rings. The summed E-state index contributed by atoms with van der Waals surface area (Å²) in [6.07, 6.45) is -0.115. The van der Waals surface area contributed by atoms with Crippen molar-refractivity contribution in [2.45, 2.75) is 17.9 Å². The minimum atomic E-state index is -3.55. The molecule has 2 aliphatic rings. The van der Waals surface area contributed by atoms with E-state index in [1.165, 1.54) is 16.4 Å². The fourth-order valence-electron chi connectivity index (χ4n) is 2.87. The van der Waals surface area contributed by atoms with Crippen molar-refractivity contribution in [3.63, 3.8) is 0 Å². The second-order valence-electron chi connectivity index (χ2n) is 5.97. The van der Waals surface area contributed by atoms with Crippen molar-refractivity contribution >= 4 is 15.9 Å². The molecule has 0 saturated carbocycles. The first-order chi connectivity index (χ1) is 11.5. The van der Waals surface area contributed by atoms with Crippen molar-refractivity contribution in [3.8, 4) is 0 Å². The molecule has 1 aromatic carbocycles. The Labute approximate surface area is 142 Å². The first-order valence-electron chi connectivity index (χ1n) is 8.07. The van der Waals surface area contributed by atoms with Gasteiger partial charge in [0.05, 0.1) is 30.8 Å². The van der Waals surface area contributed by atoms with E-state index < -0.39 is 10.0 Å². The Kier molecular flexibility index (Phi) is 5.19. The number of amides is 1. The maximum atomic E-state index is 12.7. The maximum Gasteiger partial charge on any atom is 0.254 e. The Hall–Kier alpha value is -1.48. The predicted molar refractivity (Wildman–Crippen MR) is 87.3 cm³/mol. The van der Waals surface area contributed by atoms with Crippen LogP contribution in [0.15, 0.2) is 29.2 Å². The van der Waals surface area contributed by atoms with Gasteiger partial charge in [0.15, 0.2) is 0 Å². The van der Waals surface area contributed by atoms with E-state index >= 15 is 0 Å². The zero-order valence-corrected chi connectivity index (χ0v) is 14.5. The highest BCUT2D eigenvalue weighted by molar-refractivity contribution is 7.89. The Morgan fingerprint density at radius 1 is 1.08 bits per heavy atom. The van der Waals surface area contributed by atoms with Crippen molar-refractivity contribution < 1.29 is 22.7 Å². The molecule has 7 nitrogen and oxygen atoms in total. The van der Waals surface area contributed by atoms with E-state index in [2.05, 4.69) is 0 Å². The topological polar surface area (TPSA) is 76.2 Å². The van der Waals surface area contributed by atoms with Gasteiger partial charge >= 0.3 is 0 Å². The van der Waals surface area contributed by atoms with E-state index in [4.69, 9.17) is 9.47 Å². The third-order valence-electron chi connectivity index (χ3n) is 4.24. The van der Waals surface area contributed by atoms with Gasteiger partial charge in [0.2, 0.25) is 10.0 Å². The van der Waals surface area contributed by atoms with Crippen molar-refractivity contribution in [1.82, 2.24) is 9.21 Å². The first-order valence-corrected chi connectivity index (χ1v) is 9.51. The van der Waals surface area contributed by atoms with Gasteiger partial charge in [0.25, 0.3) is 5.91 Å². The summed E-state index contributed by atoms with van der Waals surface area (Å²) in [4.78, 5) is 14.3. The lowest BCUT2D eigenvalue weighted by Crippen LogP contribution is -2.44. The molecule has 1 unspecified atom stereocenters. The van der Waals surface area contributed by atoms with E-state index in [1.54, 1.807) is 17.0 Å². The third-order valence-corrected chi connectivity index (χ3v) is 6.12. The quantitative estimate of drug-likeness (QED) is 0.793. The van der Waals surface area contributed by atoms with E-state index in [9.17, 15) is 13.2 Å². The van der Waals surface area contributed by atoms with E-state index in [1.807, 2.05) is 6.92 Å². The molecule has 2 aliphatic heterocycles. The summed E-state index contributed by atoms with van der Waals surface area (Å²) in [6.45, 7) is 5.13. The predicted octanol–water partition coefficient (Wildman–Crippen LogP) is 0.568. The molecule has 24 heavy (non-hydrogen) atoms. The molecule has 0 bridgehead atoms. The number of rotatable bonds is 3. The minimum absolute atomic E-state index is 0.0951. The van der Waals surface area contributed by atoms with Crippen LogP contribution in [0.2, 0.25) is 0 Å². The molecular weight excluding hydrogens is 332 g/mol. The standard InChI is InChI=1S/C16H22N2O5S/c1-13-12-18(8-11-23-13)24(20,21)15-4-2-14(3-5-15)16(19)17-6-9-22-10-7-17/h2-5,13H,6-12H2,1H3. The number of ether oxygens (including phenoxy) is 2. The van der Waals surface area contributed by atoms with Gasteiger partial charge in [-0.1, -0.05) is 0 Å². The monoisotopic (exact) mass is 354 g/mol. The molecule has 1 amide bonds. The molecule has 0 aromatic heterocycles. The highest BCUT2D eigenvalue weighted by Crippen LogP contribution is 2.20. The average molecular weight is 354 g/mol. The smallest absolute Gasteiger partial charge is 0.254 e. The van der Waals surface area contributed by atoms with Gasteiger partial charge < -0.3 is 14.4 Å². The molecule has 2 heterocycles. The number of carbonyl (C=O) groups excluding carboxylic acids is 1. The summed E-state index contributed by atoms with van der Waals surface area (Å²) in [5, 5.41) is 0. The van der Waals surface area contributed by atoms with Gasteiger partial charge in [-0.15, -0.1) is 0 Å². The number of sulfonamides is 1. The molecule has 1 atom stereocenters. The van der Waals surface area contributed by atoms with Crippen LogP contribution in [0.3, 0.4) is 0 Å². The molecule has 0 radical (unpaired) electrons. The van der Waals surface area contributed by atoms with Crippen molar-refractivity contribution in [2.24, 2.45) is 0 Å². The fraction of sp³-hybridized carbons (Fsp3) is 0.562. The molecule has 0 aliphatic carbocycles. The normalized spacial score (nSPS) is 23.2. The van der Waals surface area contributed by atoms with Crippen LogP contribution >= 0.6 is 0 Å². The number of carbonyl (C=O) groups is 1. The number of hydrogen-bond acceptors (Lipinski definition) is 5. The first kappa shape index (κ1) is 17.3. The fourth-order valence-corrected chi connectivity index (χ4v) is 4.37. The molecule has 0 spiro atoms. The number of morpholine rings is 2. The summed E-state index contributed by atoms with van der Waals surface area (Å²) in [5.74, 6) is -0.0951. The van der Waals surface area contributed by atoms with Crippen LogP contribution in [0.1, 0.15) is 17.3 Å². The minimum Gasteiger partial charge on any atom is -0.378 e. The second kappa shape index (κ2) is 7.18. The van der Waals surface area contributed by atoms with Gasteiger partial charge in [-0.3, -0.25) is 4.79 Å². The van der Waals surface area contributed by atoms with Crippen LogP contribution < -0.4 is 0 Å².